The van der Waals surface area contributed by atoms with Crippen LogP contribution in [0.4, 0.5) is 10.1 Å². The summed E-state index contributed by atoms with van der Waals surface area (Å²) in [4.78, 5) is 2.26. The van der Waals surface area contributed by atoms with Crippen LogP contribution >= 0.6 is 15.9 Å². The Hall–Kier alpha value is -0.570. The van der Waals surface area contributed by atoms with Crippen LogP contribution in [0.1, 0.15) is 13.8 Å². The van der Waals surface area contributed by atoms with Crippen LogP contribution in [-0.2, 0) is 0 Å². The van der Waals surface area contributed by atoms with E-state index in [1.165, 1.54) is 12.1 Å². The minimum atomic E-state index is -0.177. The molecule has 1 aromatic carbocycles. The van der Waals surface area contributed by atoms with E-state index < -0.39 is 0 Å². The predicted molar refractivity (Wildman–Crippen MR) is 67.2 cm³/mol. The molecule has 0 aliphatic carbocycles. The monoisotopic (exact) mass is 273 g/mol. The fourth-order valence-corrected chi connectivity index (χ4v) is 1.70. The lowest BCUT2D eigenvalue weighted by Crippen LogP contribution is -2.28. The van der Waals surface area contributed by atoms with E-state index in [2.05, 4.69) is 34.7 Å². The average molecular weight is 274 g/mol. The highest BCUT2D eigenvalue weighted by Gasteiger charge is 2.08. The van der Waals surface area contributed by atoms with Gasteiger partial charge in [0.2, 0.25) is 0 Å². The standard InChI is InChI=1S/C12H17BrFN/c1-3-15(9-10(2)8-13)12-6-4-11(14)5-7-12/h4-7,10H,3,8-9H2,1-2H3. The Morgan fingerprint density at radius 3 is 2.40 bits per heavy atom. The van der Waals surface area contributed by atoms with Gasteiger partial charge in [-0.15, -0.1) is 0 Å². The normalized spacial score (nSPS) is 12.5. The van der Waals surface area contributed by atoms with E-state index in [1.54, 1.807) is 0 Å². The predicted octanol–water partition coefficient (Wildman–Crippen LogP) is 3.68. The van der Waals surface area contributed by atoms with Gasteiger partial charge in [-0.3, -0.25) is 0 Å². The Bertz CT molecular complexity index is 286. The second-order valence-corrected chi connectivity index (χ2v) is 4.42. The smallest absolute Gasteiger partial charge is 0.123 e. The molecule has 15 heavy (non-hydrogen) atoms. The number of halogens is 2. The van der Waals surface area contributed by atoms with Crippen molar-refractivity contribution in [1.29, 1.82) is 0 Å². The van der Waals surface area contributed by atoms with Gasteiger partial charge in [0.05, 0.1) is 0 Å². The summed E-state index contributed by atoms with van der Waals surface area (Å²) in [6.07, 6.45) is 0. The van der Waals surface area contributed by atoms with Crippen molar-refractivity contribution in [3.05, 3.63) is 30.1 Å². The second-order valence-electron chi connectivity index (χ2n) is 3.77. The molecular weight excluding hydrogens is 257 g/mol. The van der Waals surface area contributed by atoms with Gasteiger partial charge < -0.3 is 4.90 Å². The molecule has 0 aliphatic heterocycles. The van der Waals surface area contributed by atoms with Crippen molar-refractivity contribution in [3.8, 4) is 0 Å². The van der Waals surface area contributed by atoms with Gasteiger partial charge in [-0.05, 0) is 37.1 Å². The largest absolute Gasteiger partial charge is 0.372 e. The van der Waals surface area contributed by atoms with Crippen LogP contribution in [0.25, 0.3) is 0 Å². The number of hydrogen-bond acceptors (Lipinski definition) is 1. The molecule has 0 saturated heterocycles. The molecule has 0 spiro atoms. The molecule has 1 aromatic rings. The van der Waals surface area contributed by atoms with E-state index in [9.17, 15) is 4.39 Å². The molecule has 0 fully saturated rings. The summed E-state index contributed by atoms with van der Waals surface area (Å²) in [5.74, 6) is 0.415. The minimum absolute atomic E-state index is 0.177. The molecule has 0 saturated carbocycles. The van der Waals surface area contributed by atoms with E-state index >= 15 is 0 Å². The minimum Gasteiger partial charge on any atom is -0.372 e. The molecule has 0 amide bonds. The Labute approximate surface area is 99.4 Å². The fourth-order valence-electron chi connectivity index (χ4n) is 1.49. The third-order valence-corrected chi connectivity index (χ3v) is 3.47. The fraction of sp³-hybridized carbons (Fsp3) is 0.500. The summed E-state index contributed by atoms with van der Waals surface area (Å²) in [7, 11) is 0. The molecule has 1 unspecified atom stereocenters. The van der Waals surface area contributed by atoms with E-state index in [1.807, 2.05) is 12.1 Å². The summed E-state index contributed by atoms with van der Waals surface area (Å²) >= 11 is 3.47. The van der Waals surface area contributed by atoms with Gasteiger partial charge in [-0.2, -0.15) is 0 Å². The van der Waals surface area contributed by atoms with Crippen LogP contribution in [0.2, 0.25) is 0 Å². The maximum Gasteiger partial charge on any atom is 0.123 e. The molecule has 0 N–H and O–H groups in total. The molecular formula is C12H17BrFN. The van der Waals surface area contributed by atoms with Crippen LogP contribution in [0.15, 0.2) is 24.3 Å². The lowest BCUT2D eigenvalue weighted by molar-refractivity contribution is 0.621. The molecule has 0 aromatic heterocycles. The third-order valence-electron chi connectivity index (χ3n) is 2.37. The maximum absolute atomic E-state index is 12.8. The second kappa shape index (κ2) is 6.11. The molecule has 0 radical (unpaired) electrons. The van der Waals surface area contributed by atoms with E-state index in [0.717, 1.165) is 24.1 Å². The van der Waals surface area contributed by atoms with Crippen molar-refractivity contribution >= 4 is 21.6 Å². The molecule has 1 nitrogen and oxygen atoms in total. The first-order valence-corrected chi connectivity index (χ1v) is 6.36. The SMILES string of the molecule is CCN(CC(C)CBr)c1ccc(F)cc1. The topological polar surface area (TPSA) is 3.24 Å². The van der Waals surface area contributed by atoms with Crippen molar-refractivity contribution in [1.82, 2.24) is 0 Å². The molecule has 0 heterocycles. The zero-order valence-electron chi connectivity index (χ0n) is 9.21. The summed E-state index contributed by atoms with van der Waals surface area (Å²) in [6.45, 7) is 6.25. The number of alkyl halides is 1. The maximum atomic E-state index is 12.8. The van der Waals surface area contributed by atoms with Crippen LogP contribution in [0, 0.1) is 11.7 Å². The van der Waals surface area contributed by atoms with Gasteiger partial charge in [-0.1, -0.05) is 22.9 Å². The van der Waals surface area contributed by atoms with Crippen LogP contribution in [0.3, 0.4) is 0 Å². The molecule has 84 valence electrons. The molecule has 0 aliphatic rings. The number of benzene rings is 1. The summed E-state index contributed by atoms with van der Waals surface area (Å²) in [6, 6.07) is 6.69. The third kappa shape index (κ3) is 3.82. The first kappa shape index (κ1) is 12.5. The van der Waals surface area contributed by atoms with Crippen molar-refractivity contribution in [2.75, 3.05) is 23.3 Å². The van der Waals surface area contributed by atoms with Crippen molar-refractivity contribution in [2.45, 2.75) is 13.8 Å². The molecule has 0 bridgehead atoms. The Morgan fingerprint density at radius 2 is 1.93 bits per heavy atom. The van der Waals surface area contributed by atoms with Gasteiger partial charge in [0.15, 0.2) is 0 Å². The van der Waals surface area contributed by atoms with Crippen molar-refractivity contribution < 1.29 is 4.39 Å². The summed E-state index contributed by atoms with van der Waals surface area (Å²) in [5.41, 5.74) is 1.09. The van der Waals surface area contributed by atoms with Gasteiger partial charge in [-0.25, -0.2) is 4.39 Å². The van der Waals surface area contributed by atoms with E-state index in [4.69, 9.17) is 0 Å². The highest BCUT2D eigenvalue weighted by Crippen LogP contribution is 2.16. The van der Waals surface area contributed by atoms with Gasteiger partial charge in [0.25, 0.3) is 0 Å². The van der Waals surface area contributed by atoms with Crippen molar-refractivity contribution in [2.24, 2.45) is 5.92 Å². The average Bonchev–Trinajstić information content (AvgIpc) is 2.27. The Morgan fingerprint density at radius 1 is 1.33 bits per heavy atom. The quantitative estimate of drug-likeness (QED) is 0.740. The number of anilines is 1. The Balaban J connectivity index is 2.69. The van der Waals surface area contributed by atoms with Crippen LogP contribution in [0.5, 0.6) is 0 Å². The first-order valence-electron chi connectivity index (χ1n) is 5.23. The Kier molecular flexibility index (Phi) is 5.09. The summed E-state index contributed by atoms with van der Waals surface area (Å²) < 4.78 is 12.8. The van der Waals surface area contributed by atoms with Gasteiger partial charge >= 0.3 is 0 Å². The summed E-state index contributed by atoms with van der Waals surface area (Å²) in [5, 5.41) is 0.991. The molecule has 3 heteroatoms. The number of nitrogens with zero attached hydrogens (tertiary/aromatic N) is 1. The molecule has 1 atom stereocenters. The van der Waals surface area contributed by atoms with Gasteiger partial charge in [0.1, 0.15) is 5.82 Å². The first-order chi connectivity index (χ1) is 7.17. The van der Waals surface area contributed by atoms with Gasteiger partial charge in [0, 0.05) is 24.1 Å². The number of hydrogen-bond donors (Lipinski definition) is 0. The van der Waals surface area contributed by atoms with Crippen LogP contribution < -0.4 is 4.90 Å². The highest BCUT2D eigenvalue weighted by atomic mass is 79.9. The lowest BCUT2D eigenvalue weighted by Gasteiger charge is -2.25. The zero-order chi connectivity index (χ0) is 11.3. The zero-order valence-corrected chi connectivity index (χ0v) is 10.8. The number of rotatable bonds is 5. The highest BCUT2D eigenvalue weighted by molar-refractivity contribution is 9.09. The van der Waals surface area contributed by atoms with E-state index in [-0.39, 0.29) is 5.82 Å². The van der Waals surface area contributed by atoms with Crippen molar-refractivity contribution in [3.63, 3.8) is 0 Å². The molecule has 1 rings (SSSR count). The van der Waals surface area contributed by atoms with Crippen LogP contribution in [-0.4, -0.2) is 18.4 Å². The van der Waals surface area contributed by atoms with E-state index in [0.29, 0.717) is 5.92 Å². The lowest BCUT2D eigenvalue weighted by atomic mass is 10.2.